The van der Waals surface area contributed by atoms with Crippen molar-refractivity contribution in [3.05, 3.63) is 53.6 Å². The first kappa shape index (κ1) is 22.6. The lowest BCUT2D eigenvalue weighted by Gasteiger charge is -2.28. The number of rotatable bonds is 8. The summed E-state index contributed by atoms with van der Waals surface area (Å²) >= 11 is 0. The molecule has 1 fully saturated rings. The summed E-state index contributed by atoms with van der Waals surface area (Å²) in [5.74, 6) is 1.27. The van der Waals surface area contributed by atoms with Gasteiger partial charge in [0.15, 0.2) is 0 Å². The minimum absolute atomic E-state index is 0.195. The molecule has 164 valence electrons. The monoisotopic (exact) mass is 431 g/mol. The number of hydrogen-bond donors (Lipinski definition) is 0. The number of nitrogens with zero attached hydrogens (tertiary/aromatic N) is 1. The number of sulfonamides is 1. The molecule has 5 nitrogen and oxygen atoms in total. The van der Waals surface area contributed by atoms with Gasteiger partial charge in [-0.05, 0) is 68.5 Å². The largest absolute Gasteiger partial charge is 0.493 e. The Balaban J connectivity index is 1.80. The number of hydrogen-bond acceptors (Lipinski definition) is 4. The van der Waals surface area contributed by atoms with Crippen LogP contribution < -0.4 is 9.04 Å². The summed E-state index contributed by atoms with van der Waals surface area (Å²) in [5, 5.41) is 0. The minimum atomic E-state index is -3.68. The van der Waals surface area contributed by atoms with Crippen molar-refractivity contribution in [2.24, 2.45) is 11.8 Å². The highest BCUT2D eigenvalue weighted by Crippen LogP contribution is 2.29. The van der Waals surface area contributed by atoms with Crippen molar-refractivity contribution in [3.8, 4) is 5.75 Å². The zero-order chi connectivity index (χ0) is 21.7. The van der Waals surface area contributed by atoms with Crippen LogP contribution in [0.3, 0.4) is 0 Å². The summed E-state index contributed by atoms with van der Waals surface area (Å²) in [6.45, 7) is 10.6. The van der Waals surface area contributed by atoms with Gasteiger partial charge in [0, 0.05) is 19.1 Å². The number of benzene rings is 2. The Kier molecular flexibility index (Phi) is 7.42. The molecule has 0 spiro atoms. The molecule has 30 heavy (non-hydrogen) atoms. The van der Waals surface area contributed by atoms with Crippen LogP contribution in [0.25, 0.3) is 0 Å². The van der Waals surface area contributed by atoms with E-state index in [1.165, 1.54) is 4.31 Å². The molecule has 0 bridgehead atoms. The molecule has 0 radical (unpaired) electrons. The molecule has 1 aliphatic rings. The van der Waals surface area contributed by atoms with Crippen molar-refractivity contribution in [1.29, 1.82) is 0 Å². The minimum Gasteiger partial charge on any atom is -0.493 e. The van der Waals surface area contributed by atoms with Gasteiger partial charge in [-0.2, -0.15) is 0 Å². The Morgan fingerprint density at radius 3 is 2.47 bits per heavy atom. The van der Waals surface area contributed by atoms with E-state index in [9.17, 15) is 8.42 Å². The van der Waals surface area contributed by atoms with E-state index in [4.69, 9.17) is 9.47 Å². The average Bonchev–Trinajstić information content (AvgIpc) is 2.72. The highest BCUT2D eigenvalue weighted by Gasteiger charge is 2.27. The molecule has 0 N–H and O–H groups in total. The first-order chi connectivity index (χ1) is 14.3. The van der Waals surface area contributed by atoms with Crippen molar-refractivity contribution >= 4 is 15.7 Å². The third-order valence-corrected chi connectivity index (χ3v) is 7.10. The fraction of sp³-hybridized carbons (Fsp3) is 0.500. The van der Waals surface area contributed by atoms with Crippen LogP contribution in [-0.4, -0.2) is 34.8 Å². The van der Waals surface area contributed by atoms with Crippen molar-refractivity contribution in [1.82, 2.24) is 0 Å². The van der Waals surface area contributed by atoms with Crippen LogP contribution in [0, 0.1) is 25.7 Å². The molecule has 1 unspecified atom stereocenters. The molecule has 0 aromatic heterocycles. The smallest absolute Gasteiger partial charge is 0.264 e. The topological polar surface area (TPSA) is 55.8 Å². The van der Waals surface area contributed by atoms with E-state index in [0.717, 1.165) is 42.9 Å². The maximum Gasteiger partial charge on any atom is 0.264 e. The van der Waals surface area contributed by atoms with E-state index >= 15 is 0 Å². The average molecular weight is 432 g/mol. The predicted octanol–water partition coefficient (Wildman–Crippen LogP) is 4.96. The molecule has 1 saturated heterocycles. The maximum absolute atomic E-state index is 13.5. The van der Waals surface area contributed by atoms with Gasteiger partial charge in [0.2, 0.25) is 0 Å². The molecule has 6 heteroatoms. The van der Waals surface area contributed by atoms with E-state index in [0.29, 0.717) is 24.8 Å². The summed E-state index contributed by atoms with van der Waals surface area (Å²) in [5.41, 5.74) is 2.80. The number of aryl methyl sites for hydroxylation is 2. The lowest BCUT2D eigenvalue weighted by molar-refractivity contribution is 0.0352. The van der Waals surface area contributed by atoms with Gasteiger partial charge in [0.1, 0.15) is 5.75 Å². The zero-order valence-electron chi connectivity index (χ0n) is 18.4. The Hall–Kier alpha value is -2.05. The maximum atomic E-state index is 13.5. The summed E-state index contributed by atoms with van der Waals surface area (Å²) < 4.78 is 39.9. The number of ether oxygens (including phenoxy) is 2. The molecule has 0 amide bonds. The molecule has 2 aromatic carbocycles. The normalized spacial score (nSPS) is 17.2. The fourth-order valence-corrected chi connectivity index (χ4v) is 5.42. The summed E-state index contributed by atoms with van der Waals surface area (Å²) in [6, 6.07) is 12.6. The molecule has 0 saturated carbocycles. The van der Waals surface area contributed by atoms with Crippen LogP contribution in [-0.2, 0) is 14.8 Å². The van der Waals surface area contributed by atoms with E-state index < -0.39 is 10.0 Å². The summed E-state index contributed by atoms with van der Waals surface area (Å²) in [7, 11) is -3.68. The van der Waals surface area contributed by atoms with Gasteiger partial charge in [-0.15, -0.1) is 0 Å². The second-order valence-electron chi connectivity index (χ2n) is 8.59. The molecule has 1 heterocycles. The van der Waals surface area contributed by atoms with Crippen LogP contribution in [0.4, 0.5) is 5.69 Å². The van der Waals surface area contributed by atoms with Crippen LogP contribution in [0.2, 0.25) is 0 Å². The van der Waals surface area contributed by atoms with E-state index in [1.54, 1.807) is 24.3 Å². The van der Waals surface area contributed by atoms with Crippen LogP contribution in [0.15, 0.2) is 47.4 Å². The summed E-state index contributed by atoms with van der Waals surface area (Å²) in [4.78, 5) is 0.275. The summed E-state index contributed by atoms with van der Waals surface area (Å²) in [6.07, 6.45) is 2.17. The molecular weight excluding hydrogens is 398 g/mol. The standard InChI is InChI=1S/C24H33NO4S/c1-18(2)15-25(24-12-7-19(3)14-20(24)4)30(26,27)23-10-8-22(9-11-23)29-17-21-6-5-13-28-16-21/h7-12,14,18,21H,5-6,13,15-17H2,1-4H3. The Labute approximate surface area is 181 Å². The lowest BCUT2D eigenvalue weighted by atomic mass is 10.0. The second-order valence-corrected chi connectivity index (χ2v) is 10.4. The van der Waals surface area contributed by atoms with Crippen LogP contribution in [0.1, 0.15) is 37.8 Å². The van der Waals surface area contributed by atoms with Gasteiger partial charge >= 0.3 is 0 Å². The van der Waals surface area contributed by atoms with Gasteiger partial charge < -0.3 is 9.47 Å². The molecular formula is C24H33NO4S. The molecule has 0 aliphatic carbocycles. The van der Waals surface area contributed by atoms with Crippen LogP contribution >= 0.6 is 0 Å². The highest BCUT2D eigenvalue weighted by molar-refractivity contribution is 7.92. The Bertz CT molecular complexity index is 932. The van der Waals surface area contributed by atoms with Crippen molar-refractivity contribution in [2.75, 3.05) is 30.7 Å². The first-order valence-electron chi connectivity index (χ1n) is 10.7. The van der Waals surface area contributed by atoms with Gasteiger partial charge in [-0.3, -0.25) is 4.31 Å². The van der Waals surface area contributed by atoms with E-state index in [-0.39, 0.29) is 10.8 Å². The van der Waals surface area contributed by atoms with Crippen molar-refractivity contribution in [3.63, 3.8) is 0 Å². The van der Waals surface area contributed by atoms with Gasteiger partial charge in [-0.25, -0.2) is 8.42 Å². The van der Waals surface area contributed by atoms with Crippen molar-refractivity contribution in [2.45, 2.75) is 45.4 Å². The van der Waals surface area contributed by atoms with E-state index in [2.05, 4.69) is 0 Å². The zero-order valence-corrected chi connectivity index (χ0v) is 19.2. The Morgan fingerprint density at radius 1 is 1.13 bits per heavy atom. The van der Waals surface area contributed by atoms with Crippen molar-refractivity contribution < 1.29 is 17.9 Å². The van der Waals surface area contributed by atoms with Crippen LogP contribution in [0.5, 0.6) is 5.75 Å². The third-order valence-electron chi connectivity index (χ3n) is 5.30. The van der Waals surface area contributed by atoms with Gasteiger partial charge in [0.05, 0.1) is 23.8 Å². The molecule has 1 aliphatic heterocycles. The quantitative estimate of drug-likeness (QED) is 0.593. The van der Waals surface area contributed by atoms with E-state index in [1.807, 2.05) is 45.9 Å². The third kappa shape index (κ3) is 5.55. The highest BCUT2D eigenvalue weighted by atomic mass is 32.2. The number of anilines is 1. The molecule has 3 rings (SSSR count). The van der Waals surface area contributed by atoms with Gasteiger partial charge in [-0.1, -0.05) is 31.5 Å². The Morgan fingerprint density at radius 2 is 1.87 bits per heavy atom. The SMILES string of the molecule is Cc1ccc(N(CC(C)C)S(=O)(=O)c2ccc(OCC3CCCOC3)cc2)c(C)c1. The molecule has 1 atom stereocenters. The fourth-order valence-electron chi connectivity index (χ4n) is 3.73. The van der Waals surface area contributed by atoms with Gasteiger partial charge in [0.25, 0.3) is 10.0 Å². The second kappa shape index (κ2) is 9.84. The first-order valence-corrected chi connectivity index (χ1v) is 12.1. The lowest BCUT2D eigenvalue weighted by Crippen LogP contribution is -2.34. The molecule has 2 aromatic rings. The predicted molar refractivity (Wildman–Crippen MR) is 121 cm³/mol.